The van der Waals surface area contributed by atoms with E-state index >= 15 is 4.39 Å². The SMILES string of the molecule is Cc1ccc2nc1Oc1cccc(c1F)C[C@H]1[C@@H](NS(=O)(=O)CF)C(F)(F)CN1C(=O)NC2. The number of amides is 2. The second kappa shape index (κ2) is 8.45. The number of rotatable bonds is 3. The van der Waals surface area contributed by atoms with Gasteiger partial charge in [-0.3, -0.25) is 0 Å². The Balaban J connectivity index is 1.81. The predicted molar refractivity (Wildman–Crippen MR) is 109 cm³/mol. The van der Waals surface area contributed by atoms with Crippen LogP contribution in [0.2, 0.25) is 0 Å². The molecule has 0 saturated carbocycles. The van der Waals surface area contributed by atoms with E-state index in [4.69, 9.17) is 4.74 Å². The third-order valence-corrected chi connectivity index (χ3v) is 6.44. The molecule has 1 aromatic heterocycles. The number of ether oxygens (including phenoxy) is 1. The first kappa shape index (κ1) is 23.2. The number of aromatic nitrogens is 1. The van der Waals surface area contributed by atoms with Gasteiger partial charge in [-0.15, -0.1) is 0 Å². The maximum atomic E-state index is 15.3. The van der Waals surface area contributed by atoms with Gasteiger partial charge in [0.15, 0.2) is 11.6 Å². The van der Waals surface area contributed by atoms with Gasteiger partial charge >= 0.3 is 6.03 Å². The lowest BCUT2D eigenvalue weighted by Crippen LogP contribution is -2.53. The molecule has 1 aromatic carbocycles. The Labute approximate surface area is 187 Å². The van der Waals surface area contributed by atoms with Crippen molar-refractivity contribution in [2.75, 3.05) is 12.6 Å². The van der Waals surface area contributed by atoms with E-state index in [0.29, 0.717) is 11.3 Å². The fourth-order valence-corrected chi connectivity index (χ4v) is 4.66. The highest BCUT2D eigenvalue weighted by Crippen LogP contribution is 2.37. The largest absolute Gasteiger partial charge is 0.436 e. The van der Waals surface area contributed by atoms with Crippen LogP contribution in [0.3, 0.4) is 0 Å². The Hall–Kier alpha value is -2.93. The van der Waals surface area contributed by atoms with Gasteiger partial charge in [-0.2, -0.15) is 0 Å². The summed E-state index contributed by atoms with van der Waals surface area (Å²) < 4.78 is 88.6. The summed E-state index contributed by atoms with van der Waals surface area (Å²) in [5, 5.41) is 2.47. The number of fused-ring (bicyclic) bond motifs is 5. The summed E-state index contributed by atoms with van der Waals surface area (Å²) in [6.07, 6.45) is -0.477. The molecule has 0 aliphatic carbocycles. The molecule has 2 aliphatic rings. The number of aryl methyl sites for hydroxylation is 1. The number of carbonyl (C=O) groups excluding carboxylic acids is 1. The van der Waals surface area contributed by atoms with Gasteiger partial charge in [-0.1, -0.05) is 18.2 Å². The average Bonchev–Trinajstić information content (AvgIpc) is 3.00. The van der Waals surface area contributed by atoms with Crippen molar-refractivity contribution in [2.24, 2.45) is 0 Å². The zero-order valence-corrected chi connectivity index (χ0v) is 18.1. The molecular formula is C20H20F4N4O4S. The number of nitrogens with one attached hydrogen (secondary N) is 2. The number of carbonyl (C=O) groups is 1. The van der Waals surface area contributed by atoms with Gasteiger partial charge in [0.1, 0.15) is 6.04 Å². The Bertz CT molecular complexity index is 1190. The van der Waals surface area contributed by atoms with Crippen molar-refractivity contribution in [3.05, 3.63) is 53.0 Å². The van der Waals surface area contributed by atoms with E-state index < -0.39 is 58.9 Å². The van der Waals surface area contributed by atoms with Crippen molar-refractivity contribution < 1.29 is 35.5 Å². The molecule has 33 heavy (non-hydrogen) atoms. The zero-order chi connectivity index (χ0) is 24.0. The first-order chi connectivity index (χ1) is 15.5. The minimum Gasteiger partial charge on any atom is -0.436 e. The summed E-state index contributed by atoms with van der Waals surface area (Å²) in [6.45, 7) is 0.406. The van der Waals surface area contributed by atoms with Crippen LogP contribution < -0.4 is 14.8 Å². The standard InChI is InChI=1S/C20H20F4N4O4S/c1-11-5-6-13-8-25-19(29)28-9-20(23,24)17(27-33(30,31)10-21)14(28)7-12-3-2-4-15(16(12)22)32-18(11)26-13/h2-6,14,17,27H,7-10H2,1H3,(H,25,29)/t14-,17+/m0/s1. The first-order valence-corrected chi connectivity index (χ1v) is 11.6. The number of nitrogens with zero attached hydrogens (tertiary/aromatic N) is 2. The van der Waals surface area contributed by atoms with Crippen LogP contribution in [0.5, 0.6) is 11.6 Å². The molecule has 4 rings (SSSR count). The van der Waals surface area contributed by atoms with E-state index in [1.165, 1.54) is 18.2 Å². The summed E-state index contributed by atoms with van der Waals surface area (Å²) in [6, 6.07) is 0.794. The second-order valence-electron chi connectivity index (χ2n) is 7.89. The van der Waals surface area contributed by atoms with Crippen LogP contribution in [0.15, 0.2) is 30.3 Å². The first-order valence-electron chi connectivity index (χ1n) is 9.91. The molecule has 13 heteroatoms. The molecule has 8 nitrogen and oxygen atoms in total. The van der Waals surface area contributed by atoms with Gasteiger partial charge in [-0.25, -0.2) is 40.5 Å². The van der Waals surface area contributed by atoms with Crippen LogP contribution in [0, 0.1) is 12.7 Å². The number of urea groups is 1. The minimum atomic E-state index is -4.70. The van der Waals surface area contributed by atoms with E-state index in [1.807, 2.05) is 0 Å². The van der Waals surface area contributed by atoms with Crippen molar-refractivity contribution in [1.29, 1.82) is 0 Å². The van der Waals surface area contributed by atoms with Gasteiger partial charge in [0, 0.05) is 5.56 Å². The normalized spacial score (nSPS) is 22.3. The van der Waals surface area contributed by atoms with Gasteiger partial charge in [-0.05, 0) is 31.0 Å². The van der Waals surface area contributed by atoms with Crippen molar-refractivity contribution in [3.8, 4) is 11.6 Å². The van der Waals surface area contributed by atoms with E-state index in [-0.39, 0.29) is 23.7 Å². The maximum absolute atomic E-state index is 15.3. The molecule has 0 unspecified atom stereocenters. The van der Waals surface area contributed by atoms with Crippen molar-refractivity contribution in [1.82, 2.24) is 19.9 Å². The molecule has 2 N–H and O–H groups in total. The highest BCUT2D eigenvalue weighted by atomic mass is 32.2. The number of hydrogen-bond donors (Lipinski definition) is 2. The molecule has 2 atom stereocenters. The molecule has 2 aliphatic heterocycles. The Morgan fingerprint density at radius 1 is 1.30 bits per heavy atom. The third kappa shape index (κ3) is 4.60. The van der Waals surface area contributed by atoms with Gasteiger partial charge < -0.3 is 15.0 Å². The van der Waals surface area contributed by atoms with Crippen molar-refractivity contribution in [3.63, 3.8) is 0 Å². The molecule has 2 amide bonds. The summed E-state index contributed by atoms with van der Waals surface area (Å²) in [7, 11) is -4.70. The number of hydrogen-bond acceptors (Lipinski definition) is 5. The van der Waals surface area contributed by atoms with Crippen molar-refractivity contribution in [2.45, 2.75) is 37.9 Å². The van der Waals surface area contributed by atoms with E-state index in [1.54, 1.807) is 23.8 Å². The summed E-state index contributed by atoms with van der Waals surface area (Å²) in [5.74, 6) is -4.71. The predicted octanol–water partition coefficient (Wildman–Crippen LogP) is 2.62. The fraction of sp³-hybridized carbons (Fsp3) is 0.400. The van der Waals surface area contributed by atoms with Crippen molar-refractivity contribution >= 4 is 16.1 Å². The van der Waals surface area contributed by atoms with Gasteiger partial charge in [0.05, 0.1) is 24.8 Å². The highest BCUT2D eigenvalue weighted by Gasteiger charge is 2.57. The molecule has 3 heterocycles. The Kier molecular flexibility index (Phi) is 5.95. The topological polar surface area (TPSA) is 101 Å². The van der Waals surface area contributed by atoms with Crippen LogP contribution in [0.1, 0.15) is 16.8 Å². The summed E-state index contributed by atoms with van der Waals surface area (Å²) in [5.41, 5.74) is 0.841. The zero-order valence-electron chi connectivity index (χ0n) is 17.3. The molecule has 4 bridgehead atoms. The molecule has 1 fully saturated rings. The van der Waals surface area contributed by atoms with Crippen LogP contribution >= 0.6 is 0 Å². The molecule has 2 aromatic rings. The maximum Gasteiger partial charge on any atom is 0.318 e. The molecular weight excluding hydrogens is 468 g/mol. The summed E-state index contributed by atoms with van der Waals surface area (Å²) >= 11 is 0. The van der Waals surface area contributed by atoms with E-state index in [2.05, 4.69) is 10.3 Å². The minimum absolute atomic E-state index is 0.0921. The van der Waals surface area contributed by atoms with Crippen LogP contribution in [0.4, 0.5) is 22.4 Å². The molecule has 0 spiro atoms. The van der Waals surface area contributed by atoms with E-state index in [9.17, 15) is 26.4 Å². The summed E-state index contributed by atoms with van der Waals surface area (Å²) in [4.78, 5) is 17.8. The van der Waals surface area contributed by atoms with Gasteiger partial charge in [0.2, 0.25) is 21.9 Å². The van der Waals surface area contributed by atoms with Crippen LogP contribution in [-0.2, 0) is 23.0 Å². The lowest BCUT2D eigenvalue weighted by atomic mass is 9.98. The molecule has 0 radical (unpaired) electrons. The number of benzene rings is 1. The number of alkyl halides is 3. The lowest BCUT2D eigenvalue weighted by Gasteiger charge is -2.28. The highest BCUT2D eigenvalue weighted by molar-refractivity contribution is 7.89. The van der Waals surface area contributed by atoms with Crippen LogP contribution in [0.25, 0.3) is 0 Å². The quantitative estimate of drug-likeness (QED) is 0.647. The second-order valence-corrected chi connectivity index (χ2v) is 9.58. The molecule has 1 saturated heterocycles. The van der Waals surface area contributed by atoms with E-state index in [0.717, 1.165) is 4.90 Å². The number of pyridine rings is 1. The Morgan fingerprint density at radius 2 is 2.06 bits per heavy atom. The van der Waals surface area contributed by atoms with Crippen LogP contribution in [-0.4, -0.2) is 54.9 Å². The monoisotopic (exact) mass is 488 g/mol. The Morgan fingerprint density at radius 3 is 2.79 bits per heavy atom. The lowest BCUT2D eigenvalue weighted by molar-refractivity contribution is -0.00463. The number of sulfonamides is 1. The smallest absolute Gasteiger partial charge is 0.318 e. The average molecular weight is 488 g/mol. The van der Waals surface area contributed by atoms with Gasteiger partial charge in [0.25, 0.3) is 5.92 Å². The molecule has 178 valence electrons. The third-order valence-electron chi connectivity index (χ3n) is 5.54. The number of halogens is 4. The fourth-order valence-electron chi connectivity index (χ4n) is 3.88.